The number of amides is 2. The molecule has 2 heterocycles. The van der Waals surface area contributed by atoms with E-state index in [1.165, 1.54) is 5.56 Å². The molecule has 3 rings (SSSR count). The fourth-order valence-electron chi connectivity index (χ4n) is 3.69. The van der Waals surface area contributed by atoms with Gasteiger partial charge >= 0.3 is 0 Å². The summed E-state index contributed by atoms with van der Waals surface area (Å²) in [6.07, 6.45) is 3.28. The van der Waals surface area contributed by atoms with Gasteiger partial charge in [0.1, 0.15) is 5.82 Å². The number of piperidine rings is 1. The fourth-order valence-corrected chi connectivity index (χ4v) is 3.69. The number of aromatic nitrogens is 2. The summed E-state index contributed by atoms with van der Waals surface area (Å²) < 4.78 is 1.80. The molecule has 2 aromatic rings. The molecule has 0 atom stereocenters. The maximum Gasteiger partial charge on any atom is 0.239 e. The molecule has 1 aliphatic heterocycles. The topological polar surface area (TPSA) is 79.3 Å². The number of benzene rings is 1. The van der Waals surface area contributed by atoms with Crippen LogP contribution in [0.5, 0.6) is 0 Å². The molecule has 1 fully saturated rings. The van der Waals surface area contributed by atoms with Crippen molar-refractivity contribution in [3.63, 3.8) is 0 Å². The van der Waals surface area contributed by atoms with E-state index in [1.807, 2.05) is 26.0 Å². The Kier molecular flexibility index (Phi) is 7.04. The first-order valence-corrected chi connectivity index (χ1v) is 10.3. The summed E-state index contributed by atoms with van der Waals surface area (Å²) in [6.45, 7) is 8.46. The minimum Gasteiger partial charge on any atom is -0.354 e. The van der Waals surface area contributed by atoms with E-state index >= 15 is 0 Å². The number of hydrogen-bond acceptors (Lipinski definition) is 4. The number of nitrogens with zero attached hydrogens (tertiary/aromatic N) is 3. The van der Waals surface area contributed by atoms with Crippen molar-refractivity contribution in [3.8, 4) is 0 Å². The molecule has 2 amide bonds. The van der Waals surface area contributed by atoms with Crippen LogP contribution in [0, 0.1) is 12.8 Å². The zero-order valence-electron chi connectivity index (χ0n) is 17.5. The molecule has 29 heavy (non-hydrogen) atoms. The molecular formula is C22H31N5O2. The van der Waals surface area contributed by atoms with E-state index in [4.69, 9.17) is 0 Å². The lowest BCUT2D eigenvalue weighted by Crippen LogP contribution is -2.44. The molecule has 0 saturated carbocycles. The lowest BCUT2D eigenvalue weighted by molar-refractivity contribution is -0.127. The van der Waals surface area contributed by atoms with Gasteiger partial charge in [-0.1, -0.05) is 29.8 Å². The van der Waals surface area contributed by atoms with Crippen LogP contribution < -0.4 is 10.6 Å². The Hall–Kier alpha value is -2.67. The van der Waals surface area contributed by atoms with Gasteiger partial charge in [-0.2, -0.15) is 5.10 Å². The molecule has 1 aliphatic rings. The van der Waals surface area contributed by atoms with Gasteiger partial charge in [0, 0.05) is 18.0 Å². The molecule has 7 heteroatoms. The third kappa shape index (κ3) is 6.15. The van der Waals surface area contributed by atoms with Crippen LogP contribution in [0.4, 0.5) is 5.82 Å². The molecule has 156 valence electrons. The Labute approximate surface area is 172 Å². The van der Waals surface area contributed by atoms with Gasteiger partial charge in [-0.3, -0.25) is 14.5 Å². The fraction of sp³-hybridized carbons (Fsp3) is 0.500. The van der Waals surface area contributed by atoms with Gasteiger partial charge in [0.2, 0.25) is 11.8 Å². The van der Waals surface area contributed by atoms with Gasteiger partial charge in [0.05, 0.1) is 19.3 Å². The number of carbonyl (C=O) groups is 2. The predicted octanol–water partition coefficient (Wildman–Crippen LogP) is 2.41. The quantitative estimate of drug-likeness (QED) is 0.752. The van der Waals surface area contributed by atoms with Gasteiger partial charge < -0.3 is 10.6 Å². The second-order valence-corrected chi connectivity index (χ2v) is 8.13. The van der Waals surface area contributed by atoms with E-state index < -0.39 is 0 Å². The highest BCUT2D eigenvalue weighted by Crippen LogP contribution is 2.18. The summed E-state index contributed by atoms with van der Waals surface area (Å²) in [5.41, 5.74) is 2.34. The molecular weight excluding hydrogens is 366 g/mol. The van der Waals surface area contributed by atoms with Crippen molar-refractivity contribution in [2.45, 2.75) is 46.2 Å². The van der Waals surface area contributed by atoms with E-state index in [1.54, 1.807) is 10.9 Å². The van der Waals surface area contributed by atoms with Crippen LogP contribution in [0.3, 0.4) is 0 Å². The van der Waals surface area contributed by atoms with E-state index in [2.05, 4.69) is 45.8 Å². The lowest BCUT2D eigenvalue weighted by Gasteiger charge is -2.31. The van der Waals surface area contributed by atoms with Crippen LogP contribution >= 0.6 is 0 Å². The third-order valence-corrected chi connectivity index (χ3v) is 5.16. The van der Waals surface area contributed by atoms with Gasteiger partial charge in [0.25, 0.3) is 0 Å². The van der Waals surface area contributed by atoms with Crippen molar-refractivity contribution in [1.29, 1.82) is 0 Å². The maximum atomic E-state index is 12.5. The Bertz CT molecular complexity index is 837. The van der Waals surface area contributed by atoms with E-state index in [-0.39, 0.29) is 23.8 Å². The lowest BCUT2D eigenvalue weighted by atomic mass is 9.95. The van der Waals surface area contributed by atoms with Gasteiger partial charge in [0.15, 0.2) is 0 Å². The van der Waals surface area contributed by atoms with Crippen LogP contribution in [-0.4, -0.2) is 52.2 Å². The molecule has 0 aliphatic carbocycles. The largest absolute Gasteiger partial charge is 0.354 e. The molecule has 0 bridgehead atoms. The van der Waals surface area contributed by atoms with E-state index in [0.29, 0.717) is 18.9 Å². The molecule has 1 saturated heterocycles. The molecule has 0 radical (unpaired) electrons. The maximum absolute atomic E-state index is 12.5. The standard InChI is InChI=1S/C22H31N5O2/c1-16(2)24-22(29)19-8-11-26(12-9-19)15-21(28)25-20-7-10-23-27(20)14-18-6-4-5-17(3)13-18/h4-7,10,13,16,19H,8-9,11-12,14-15H2,1-3H3,(H,24,29)(H,25,28). The van der Waals surface area contributed by atoms with Crippen LogP contribution in [-0.2, 0) is 16.1 Å². The summed E-state index contributed by atoms with van der Waals surface area (Å²) in [7, 11) is 0. The van der Waals surface area contributed by atoms with Gasteiger partial charge in [-0.25, -0.2) is 4.68 Å². The van der Waals surface area contributed by atoms with Crippen molar-refractivity contribution in [2.24, 2.45) is 5.92 Å². The Balaban J connectivity index is 1.48. The zero-order valence-corrected chi connectivity index (χ0v) is 17.5. The monoisotopic (exact) mass is 397 g/mol. The molecule has 7 nitrogen and oxygen atoms in total. The first kappa shape index (κ1) is 21.0. The molecule has 0 spiro atoms. The minimum atomic E-state index is -0.0546. The average molecular weight is 398 g/mol. The average Bonchev–Trinajstić information content (AvgIpc) is 3.08. The number of nitrogens with one attached hydrogen (secondary N) is 2. The van der Waals surface area contributed by atoms with Crippen molar-refractivity contribution in [1.82, 2.24) is 20.0 Å². The summed E-state index contributed by atoms with van der Waals surface area (Å²) in [6, 6.07) is 10.2. The highest BCUT2D eigenvalue weighted by atomic mass is 16.2. The molecule has 0 unspecified atom stereocenters. The summed E-state index contributed by atoms with van der Waals surface area (Å²) >= 11 is 0. The molecule has 1 aromatic carbocycles. The molecule has 1 aromatic heterocycles. The Morgan fingerprint density at radius 3 is 2.66 bits per heavy atom. The summed E-state index contributed by atoms with van der Waals surface area (Å²) in [4.78, 5) is 26.8. The Morgan fingerprint density at radius 1 is 1.21 bits per heavy atom. The SMILES string of the molecule is Cc1cccc(Cn2nccc2NC(=O)CN2CCC(C(=O)NC(C)C)CC2)c1. The Morgan fingerprint density at radius 2 is 1.97 bits per heavy atom. The highest BCUT2D eigenvalue weighted by Gasteiger charge is 2.26. The number of hydrogen-bond donors (Lipinski definition) is 2. The van der Waals surface area contributed by atoms with Crippen molar-refractivity contribution < 1.29 is 9.59 Å². The number of anilines is 1. The second-order valence-electron chi connectivity index (χ2n) is 8.13. The van der Waals surface area contributed by atoms with Crippen molar-refractivity contribution in [3.05, 3.63) is 47.7 Å². The zero-order chi connectivity index (χ0) is 20.8. The van der Waals surface area contributed by atoms with Crippen molar-refractivity contribution >= 4 is 17.6 Å². The third-order valence-electron chi connectivity index (χ3n) is 5.16. The van der Waals surface area contributed by atoms with Gasteiger partial charge in [-0.15, -0.1) is 0 Å². The normalized spacial score (nSPS) is 15.4. The number of likely N-dealkylation sites (tertiary alicyclic amines) is 1. The number of aryl methyl sites for hydroxylation is 1. The van der Waals surface area contributed by atoms with Crippen LogP contribution in [0.15, 0.2) is 36.5 Å². The van der Waals surface area contributed by atoms with Crippen LogP contribution in [0.1, 0.15) is 37.8 Å². The summed E-state index contributed by atoms with van der Waals surface area (Å²) in [5, 5.41) is 10.3. The number of carbonyl (C=O) groups excluding carboxylic acids is 2. The smallest absolute Gasteiger partial charge is 0.239 e. The number of rotatable bonds is 7. The van der Waals surface area contributed by atoms with Crippen molar-refractivity contribution in [2.75, 3.05) is 25.0 Å². The minimum absolute atomic E-state index is 0.0486. The summed E-state index contributed by atoms with van der Waals surface area (Å²) in [5.74, 6) is 0.820. The predicted molar refractivity (Wildman–Crippen MR) is 114 cm³/mol. The molecule has 2 N–H and O–H groups in total. The van der Waals surface area contributed by atoms with E-state index in [0.717, 1.165) is 31.5 Å². The second kappa shape index (κ2) is 9.69. The van der Waals surface area contributed by atoms with E-state index in [9.17, 15) is 9.59 Å². The highest BCUT2D eigenvalue weighted by molar-refractivity contribution is 5.91. The van der Waals surface area contributed by atoms with Crippen LogP contribution in [0.25, 0.3) is 0 Å². The first-order chi connectivity index (χ1) is 13.9. The van der Waals surface area contributed by atoms with Gasteiger partial charge in [-0.05, 0) is 52.3 Å². The first-order valence-electron chi connectivity index (χ1n) is 10.3. The van der Waals surface area contributed by atoms with Crippen LogP contribution in [0.2, 0.25) is 0 Å².